The van der Waals surface area contributed by atoms with Crippen molar-refractivity contribution in [1.82, 2.24) is 0 Å². The van der Waals surface area contributed by atoms with Crippen LogP contribution in [0.3, 0.4) is 0 Å². The maximum Gasteiger partial charge on any atom is 0.186 e. The minimum atomic E-state index is -0.806. The smallest absolute Gasteiger partial charge is 0.186 e. The van der Waals surface area contributed by atoms with Gasteiger partial charge in [0.2, 0.25) is 0 Å². The zero-order valence-corrected chi connectivity index (χ0v) is 27.2. The molecule has 2 aliphatic heterocycles. The Kier molecular flexibility index (Phi) is 6.47. The maximum absolute atomic E-state index is 7.25. The van der Waals surface area contributed by atoms with Crippen molar-refractivity contribution in [3.8, 4) is 39.1 Å². The minimum absolute atomic E-state index is 0.455. The molecule has 236 valence electrons. The highest BCUT2D eigenvalue weighted by Crippen LogP contribution is 2.60. The molecule has 7 aromatic rings. The predicted molar refractivity (Wildman–Crippen MR) is 203 cm³/mol. The first-order valence-corrected chi connectivity index (χ1v) is 17.1. The van der Waals surface area contributed by atoms with Crippen molar-refractivity contribution < 1.29 is 4.74 Å². The van der Waals surface area contributed by atoms with Gasteiger partial charge in [0.05, 0.1) is 5.71 Å². The van der Waals surface area contributed by atoms with Crippen LogP contribution >= 0.6 is 0 Å². The second kappa shape index (κ2) is 11.3. The summed E-state index contributed by atoms with van der Waals surface area (Å²) in [5.41, 5.74) is 14.6. The molecule has 0 saturated heterocycles. The molecule has 1 spiro atoms. The number of nitrogens with zero attached hydrogens (tertiary/aromatic N) is 2. The van der Waals surface area contributed by atoms with Crippen molar-refractivity contribution in [1.29, 1.82) is 0 Å². The lowest BCUT2D eigenvalue weighted by Crippen LogP contribution is -2.36. The number of benzene rings is 7. The van der Waals surface area contributed by atoms with Gasteiger partial charge in [0.25, 0.3) is 0 Å². The van der Waals surface area contributed by atoms with Crippen LogP contribution in [-0.4, -0.2) is 5.71 Å². The Bertz CT molecular complexity index is 2480. The highest BCUT2D eigenvalue weighted by atomic mass is 16.5. The van der Waals surface area contributed by atoms with Gasteiger partial charge in [-0.25, -0.2) is 0 Å². The number of rotatable bonds is 4. The Labute approximate surface area is 291 Å². The van der Waals surface area contributed by atoms with Crippen LogP contribution in [0.15, 0.2) is 187 Å². The molecule has 10 rings (SSSR count). The topological polar surface area (TPSA) is 35.7 Å². The van der Waals surface area contributed by atoms with E-state index in [1.807, 2.05) is 12.1 Å². The third kappa shape index (κ3) is 4.33. The lowest BCUT2D eigenvalue weighted by molar-refractivity contribution is 0.157. The summed E-state index contributed by atoms with van der Waals surface area (Å²) in [4.78, 5) is 5.40. The van der Waals surface area contributed by atoms with Crippen LogP contribution in [0.4, 0.5) is 0 Å². The van der Waals surface area contributed by atoms with Crippen LogP contribution in [0.1, 0.15) is 39.5 Å². The van der Waals surface area contributed by atoms with E-state index in [0.717, 1.165) is 67.2 Å². The number of fused-ring (bicyclic) bond motifs is 9. The molecule has 0 amide bonds. The van der Waals surface area contributed by atoms with Crippen molar-refractivity contribution in [3.05, 3.63) is 221 Å². The van der Waals surface area contributed by atoms with Crippen molar-refractivity contribution in [2.24, 2.45) is 4.99 Å². The van der Waals surface area contributed by atoms with Crippen molar-refractivity contribution in [2.75, 3.05) is 0 Å². The molecular formula is C47H31N2O-. The largest absolute Gasteiger partial charge is 0.659 e. The number of hydrogen-bond acceptors (Lipinski definition) is 2. The molecule has 0 aromatic heterocycles. The predicted octanol–water partition coefficient (Wildman–Crippen LogP) is 11.6. The molecule has 3 aliphatic rings. The summed E-state index contributed by atoms with van der Waals surface area (Å²) >= 11 is 0. The number of allylic oxidation sites excluding steroid dienone is 1. The van der Waals surface area contributed by atoms with E-state index in [-0.39, 0.29) is 0 Å². The average molecular weight is 640 g/mol. The summed E-state index contributed by atoms with van der Waals surface area (Å²) < 4.78 is 7.25. The Hall–Kier alpha value is -6.45. The number of para-hydroxylation sites is 1. The van der Waals surface area contributed by atoms with Crippen LogP contribution in [0, 0.1) is 0 Å². The third-order valence-corrected chi connectivity index (χ3v) is 10.2. The summed E-state index contributed by atoms with van der Waals surface area (Å²) in [7, 11) is 0. The van der Waals surface area contributed by atoms with E-state index < -0.39 is 11.8 Å². The van der Waals surface area contributed by atoms with E-state index in [4.69, 9.17) is 15.0 Å². The molecular weight excluding hydrogens is 609 g/mol. The SMILES string of the molecule is C1=C(c2ccccc2)[N-]C(c2cccc3c2-c2ccccc2C32Oc3ccccc3-c3ccccc32)N=C1c1ccc(-c2ccccc2)cc1. The van der Waals surface area contributed by atoms with E-state index in [1.54, 1.807) is 0 Å². The molecule has 0 radical (unpaired) electrons. The maximum atomic E-state index is 7.25. The van der Waals surface area contributed by atoms with Crippen LogP contribution in [0.25, 0.3) is 44.4 Å². The Morgan fingerprint density at radius 3 is 1.78 bits per heavy atom. The fraction of sp³-hybridized carbons (Fsp3) is 0.0426. The van der Waals surface area contributed by atoms with Gasteiger partial charge in [-0.3, -0.25) is 4.99 Å². The first-order valence-electron chi connectivity index (χ1n) is 17.1. The number of ether oxygens (including phenoxy) is 1. The molecule has 0 N–H and O–H groups in total. The first-order chi connectivity index (χ1) is 24.8. The summed E-state index contributed by atoms with van der Waals surface area (Å²) in [6, 6.07) is 61.9. The van der Waals surface area contributed by atoms with Crippen LogP contribution in [0.5, 0.6) is 5.75 Å². The normalized spacial score (nSPS) is 18.0. The summed E-state index contributed by atoms with van der Waals surface area (Å²) in [6.07, 6.45) is 1.67. The van der Waals surface area contributed by atoms with Crippen LogP contribution in [0.2, 0.25) is 0 Å². The van der Waals surface area contributed by atoms with E-state index in [1.165, 1.54) is 16.7 Å². The molecule has 3 nitrogen and oxygen atoms in total. The zero-order chi connectivity index (χ0) is 33.1. The summed E-state index contributed by atoms with van der Waals surface area (Å²) in [5, 5.41) is 5.36. The Morgan fingerprint density at radius 2 is 1.02 bits per heavy atom. The minimum Gasteiger partial charge on any atom is -0.659 e. The molecule has 3 heteroatoms. The van der Waals surface area contributed by atoms with Gasteiger partial charge in [0, 0.05) is 28.4 Å². The lowest BCUT2D eigenvalue weighted by Gasteiger charge is -2.40. The Morgan fingerprint density at radius 1 is 0.460 bits per heavy atom. The zero-order valence-electron chi connectivity index (χ0n) is 27.2. The molecule has 0 saturated carbocycles. The van der Waals surface area contributed by atoms with Crippen LogP contribution < -0.4 is 4.74 Å². The van der Waals surface area contributed by atoms with E-state index >= 15 is 0 Å². The highest BCUT2D eigenvalue weighted by Gasteiger charge is 2.51. The monoisotopic (exact) mass is 639 g/mol. The van der Waals surface area contributed by atoms with Gasteiger partial charge >= 0.3 is 0 Å². The second-order valence-electron chi connectivity index (χ2n) is 13.0. The summed E-state index contributed by atoms with van der Waals surface area (Å²) in [6.45, 7) is 0. The van der Waals surface area contributed by atoms with E-state index in [9.17, 15) is 0 Å². The molecule has 1 aliphatic carbocycles. The van der Waals surface area contributed by atoms with Crippen LogP contribution in [-0.2, 0) is 5.60 Å². The van der Waals surface area contributed by atoms with Gasteiger partial charge in [-0.1, -0.05) is 176 Å². The fourth-order valence-corrected chi connectivity index (χ4v) is 7.98. The number of aliphatic imine (C=N–C) groups is 1. The number of hydrogen-bond donors (Lipinski definition) is 0. The van der Waals surface area contributed by atoms with E-state index in [2.05, 4.69) is 170 Å². The molecule has 0 bridgehead atoms. The van der Waals surface area contributed by atoms with Crippen molar-refractivity contribution in [2.45, 2.75) is 11.8 Å². The van der Waals surface area contributed by atoms with Crippen molar-refractivity contribution >= 4 is 11.4 Å². The first kappa shape index (κ1) is 28.6. The van der Waals surface area contributed by atoms with Gasteiger partial charge in [-0.2, -0.15) is 0 Å². The lowest BCUT2D eigenvalue weighted by atomic mass is 9.77. The summed E-state index contributed by atoms with van der Waals surface area (Å²) in [5.74, 6) is 0.884. The van der Waals surface area contributed by atoms with Gasteiger partial charge in [0.15, 0.2) is 5.60 Å². The molecule has 0 fully saturated rings. The molecule has 50 heavy (non-hydrogen) atoms. The molecule has 2 atom stereocenters. The van der Waals surface area contributed by atoms with Gasteiger partial charge in [-0.05, 0) is 50.6 Å². The van der Waals surface area contributed by atoms with Gasteiger partial charge in [-0.15, -0.1) is 5.70 Å². The third-order valence-electron chi connectivity index (χ3n) is 10.2. The highest BCUT2D eigenvalue weighted by molar-refractivity contribution is 6.14. The fourth-order valence-electron chi connectivity index (χ4n) is 7.98. The van der Waals surface area contributed by atoms with Gasteiger partial charge in [0.1, 0.15) is 5.75 Å². The second-order valence-corrected chi connectivity index (χ2v) is 13.0. The Balaban J connectivity index is 1.15. The molecule has 7 aromatic carbocycles. The quantitative estimate of drug-likeness (QED) is 0.189. The van der Waals surface area contributed by atoms with E-state index in [0.29, 0.717) is 0 Å². The molecule has 2 unspecified atom stereocenters. The molecule has 2 heterocycles. The van der Waals surface area contributed by atoms with Gasteiger partial charge < -0.3 is 10.1 Å². The van der Waals surface area contributed by atoms with Crippen molar-refractivity contribution in [3.63, 3.8) is 0 Å². The standard InChI is InChI=1S/C47H31N2O/c1-3-14-31(15-4-1)32-26-28-34(29-27-32)43-30-42(33-16-5-2-6-17-33)48-46(49-43)38-21-13-24-41-45(38)37-20-8-11-23-40(37)47(41)39-22-10-7-18-35(39)36-19-9-12-25-44(36)50-47/h1-30,46H/q-1. The average Bonchev–Trinajstić information content (AvgIpc) is 3.48.